The second-order valence-electron chi connectivity index (χ2n) is 2.20. The topological polar surface area (TPSA) is 57.2 Å². The number of imide groups is 1. The summed E-state index contributed by atoms with van der Waals surface area (Å²) in [5.41, 5.74) is 0. The standard InChI is InChI=1S/C5H6BrNO3/c6-7(5(9)10)3-1-2-4(7)8/h1-3H2. The average Bonchev–Trinajstić information content (AvgIpc) is 2.15. The fraction of sp³-hybridized carbons (Fsp3) is 0.600. The Morgan fingerprint density at radius 2 is 2.30 bits per heavy atom. The average molecular weight is 208 g/mol. The van der Waals surface area contributed by atoms with E-state index in [1.165, 1.54) is 0 Å². The van der Waals surface area contributed by atoms with E-state index in [1.807, 2.05) is 0 Å². The third-order valence-electron chi connectivity index (χ3n) is 1.54. The molecule has 2 amide bonds. The van der Waals surface area contributed by atoms with Crippen molar-refractivity contribution in [2.45, 2.75) is 12.8 Å². The minimum atomic E-state index is -1.37. The molecule has 56 valence electrons. The van der Waals surface area contributed by atoms with Gasteiger partial charge in [-0.25, -0.2) is 4.79 Å². The number of carbonyl (C=O) groups excluding carboxylic acids is 2. The number of likely N-dealkylation sites (tertiary alicyclic amines) is 1. The van der Waals surface area contributed by atoms with E-state index in [4.69, 9.17) is 0 Å². The third kappa shape index (κ3) is 0.951. The second kappa shape index (κ2) is 2.32. The number of hydrogen-bond acceptors (Lipinski definition) is 3. The summed E-state index contributed by atoms with van der Waals surface area (Å²) in [6, 6.07) is 0. The highest BCUT2D eigenvalue weighted by Gasteiger charge is 2.42. The first-order chi connectivity index (χ1) is 4.57. The number of hydrogen-bond donors (Lipinski definition) is 0. The molecule has 0 radical (unpaired) electrons. The van der Waals surface area contributed by atoms with Crippen LogP contribution >= 0.6 is 16.1 Å². The van der Waals surface area contributed by atoms with Gasteiger partial charge in [0.25, 0.3) is 6.09 Å². The Bertz CT molecular complexity index is 193. The van der Waals surface area contributed by atoms with Crippen molar-refractivity contribution >= 4 is 28.1 Å². The molecule has 1 fully saturated rings. The maximum Gasteiger partial charge on any atom is 0.330 e. The molecule has 0 aromatic heterocycles. The lowest BCUT2D eigenvalue weighted by molar-refractivity contribution is -0.650. The summed E-state index contributed by atoms with van der Waals surface area (Å²) in [6.45, 7) is 0.293. The summed E-state index contributed by atoms with van der Waals surface area (Å²) in [4.78, 5) is 21.2. The summed E-state index contributed by atoms with van der Waals surface area (Å²) in [5, 5.41) is 10.3. The van der Waals surface area contributed by atoms with Crippen LogP contribution in [0.3, 0.4) is 0 Å². The van der Waals surface area contributed by atoms with Crippen LogP contribution in [0.15, 0.2) is 0 Å². The van der Waals surface area contributed by atoms with Crippen LogP contribution in [0.1, 0.15) is 12.8 Å². The molecule has 0 N–H and O–H groups in total. The van der Waals surface area contributed by atoms with Crippen LogP contribution in [0.25, 0.3) is 0 Å². The lowest BCUT2D eigenvalue weighted by Gasteiger charge is -2.20. The molecule has 5 heteroatoms. The van der Waals surface area contributed by atoms with Gasteiger partial charge in [0.1, 0.15) is 6.54 Å². The zero-order valence-corrected chi connectivity index (χ0v) is 6.76. The number of rotatable bonds is 0. The van der Waals surface area contributed by atoms with Gasteiger partial charge in [0, 0.05) is 6.42 Å². The molecule has 1 aliphatic rings. The van der Waals surface area contributed by atoms with Crippen molar-refractivity contribution in [2.75, 3.05) is 6.54 Å². The minimum Gasteiger partial charge on any atom is -0.497 e. The first-order valence-electron chi connectivity index (χ1n) is 2.90. The molecule has 1 unspecified atom stereocenters. The monoisotopic (exact) mass is 207 g/mol. The largest absolute Gasteiger partial charge is 0.497 e. The fourth-order valence-electron chi connectivity index (χ4n) is 0.943. The highest BCUT2D eigenvalue weighted by molar-refractivity contribution is 9.05. The van der Waals surface area contributed by atoms with Crippen LogP contribution < -0.4 is 5.11 Å². The molecule has 0 aliphatic carbocycles. The predicted molar refractivity (Wildman–Crippen MR) is 33.7 cm³/mol. The van der Waals surface area contributed by atoms with E-state index in [0.717, 1.165) is 0 Å². The van der Waals surface area contributed by atoms with E-state index in [9.17, 15) is 14.7 Å². The maximum absolute atomic E-state index is 10.8. The molecule has 1 rings (SSSR count). The van der Waals surface area contributed by atoms with Crippen molar-refractivity contribution in [3.05, 3.63) is 0 Å². The van der Waals surface area contributed by atoms with Gasteiger partial charge < -0.3 is 9.90 Å². The normalized spacial score (nSPS) is 32.7. The van der Waals surface area contributed by atoms with Gasteiger partial charge in [-0.15, -0.1) is 3.51 Å². The van der Waals surface area contributed by atoms with Gasteiger partial charge in [0.15, 0.2) is 0 Å². The van der Waals surface area contributed by atoms with E-state index in [-0.39, 0.29) is 5.91 Å². The summed E-state index contributed by atoms with van der Waals surface area (Å²) in [5.74, 6) is -0.333. The van der Waals surface area contributed by atoms with Crippen molar-refractivity contribution in [2.24, 2.45) is 0 Å². The molecule has 0 aromatic rings. The molecule has 10 heavy (non-hydrogen) atoms. The van der Waals surface area contributed by atoms with E-state index in [0.29, 0.717) is 19.4 Å². The van der Waals surface area contributed by atoms with Crippen molar-refractivity contribution in [1.29, 1.82) is 0 Å². The van der Waals surface area contributed by atoms with Crippen molar-refractivity contribution in [1.82, 2.24) is 0 Å². The Morgan fingerprint density at radius 3 is 2.50 bits per heavy atom. The molecule has 1 atom stereocenters. The van der Waals surface area contributed by atoms with Gasteiger partial charge in [0.05, 0.1) is 6.42 Å². The lowest BCUT2D eigenvalue weighted by Crippen LogP contribution is -2.51. The van der Waals surface area contributed by atoms with Crippen molar-refractivity contribution < 1.29 is 18.2 Å². The Kier molecular flexibility index (Phi) is 1.78. The Labute approximate surface area is 66.4 Å². The van der Waals surface area contributed by atoms with Crippen molar-refractivity contribution in [3.8, 4) is 0 Å². The summed E-state index contributed by atoms with van der Waals surface area (Å²) in [7, 11) is 0. The van der Waals surface area contributed by atoms with Gasteiger partial charge in [-0.05, 0) is 0 Å². The van der Waals surface area contributed by atoms with E-state index >= 15 is 0 Å². The second-order valence-corrected chi connectivity index (χ2v) is 3.41. The fourth-order valence-corrected chi connectivity index (χ4v) is 1.37. The van der Waals surface area contributed by atoms with Crippen LogP contribution in [0.2, 0.25) is 0 Å². The molecule has 0 aromatic carbocycles. The maximum atomic E-state index is 10.8. The Morgan fingerprint density at radius 1 is 1.70 bits per heavy atom. The summed E-state index contributed by atoms with van der Waals surface area (Å²) < 4.78 is -0.729. The molecule has 1 aliphatic heterocycles. The molecule has 0 saturated carbocycles. The zero-order valence-electron chi connectivity index (χ0n) is 5.17. The Balaban J connectivity index is 2.86. The molecular formula is C5H6BrNO3. The number of nitrogens with zero attached hydrogens (tertiary/aromatic N) is 1. The first kappa shape index (κ1) is 7.68. The SMILES string of the molecule is O=C([O-])[N+]1(Br)CCCC1=O. The van der Waals surface area contributed by atoms with Gasteiger partial charge in [-0.3, -0.25) is 0 Å². The van der Waals surface area contributed by atoms with Crippen LogP contribution in [0.5, 0.6) is 0 Å². The van der Waals surface area contributed by atoms with Crippen LogP contribution in [0, 0.1) is 0 Å². The molecule has 4 nitrogen and oxygen atoms in total. The number of halogens is 1. The number of amides is 2. The molecule has 0 spiro atoms. The smallest absolute Gasteiger partial charge is 0.330 e. The molecule has 1 saturated heterocycles. The molecular weight excluding hydrogens is 202 g/mol. The van der Waals surface area contributed by atoms with E-state index < -0.39 is 9.60 Å². The van der Waals surface area contributed by atoms with Gasteiger partial charge >= 0.3 is 5.91 Å². The summed E-state index contributed by atoms with van der Waals surface area (Å²) >= 11 is 2.80. The molecule has 1 heterocycles. The van der Waals surface area contributed by atoms with Gasteiger partial charge in [-0.1, -0.05) is 0 Å². The first-order valence-corrected chi connectivity index (χ1v) is 3.61. The Hall–Kier alpha value is -0.420. The lowest BCUT2D eigenvalue weighted by atomic mass is 10.4. The number of carbonyl (C=O) groups is 2. The highest BCUT2D eigenvalue weighted by atomic mass is 79.9. The van der Waals surface area contributed by atoms with E-state index in [2.05, 4.69) is 16.1 Å². The van der Waals surface area contributed by atoms with Crippen LogP contribution in [-0.4, -0.2) is 22.1 Å². The van der Waals surface area contributed by atoms with Gasteiger partial charge in [-0.2, -0.15) is 0 Å². The number of quaternary nitrogens is 1. The van der Waals surface area contributed by atoms with E-state index in [1.54, 1.807) is 0 Å². The number of carboxylic acid groups (broad SMARTS) is 1. The van der Waals surface area contributed by atoms with Crippen LogP contribution in [0.4, 0.5) is 4.79 Å². The van der Waals surface area contributed by atoms with Crippen LogP contribution in [-0.2, 0) is 4.79 Å². The van der Waals surface area contributed by atoms with Crippen molar-refractivity contribution in [3.63, 3.8) is 0 Å². The zero-order chi connectivity index (χ0) is 7.78. The third-order valence-corrected chi connectivity index (χ3v) is 2.58. The highest BCUT2D eigenvalue weighted by Crippen LogP contribution is 2.25. The molecule has 0 bridgehead atoms. The quantitative estimate of drug-likeness (QED) is 0.517. The summed E-state index contributed by atoms with van der Waals surface area (Å²) in [6.07, 6.45) is -0.445. The van der Waals surface area contributed by atoms with Gasteiger partial charge in [0.2, 0.25) is 16.1 Å². The predicted octanol–water partition coefficient (Wildman–Crippen LogP) is -0.223. The minimum absolute atomic E-state index is 0.293.